The number of carbonyl (C=O) groups is 1. The van der Waals surface area contributed by atoms with Gasteiger partial charge in [-0.1, -0.05) is 0 Å². The molecule has 1 atom stereocenters. The summed E-state index contributed by atoms with van der Waals surface area (Å²) in [4.78, 5) is 29.8. The van der Waals surface area contributed by atoms with E-state index in [-0.39, 0.29) is 11.9 Å². The number of ether oxygens (including phenoxy) is 1. The van der Waals surface area contributed by atoms with Gasteiger partial charge in [0.1, 0.15) is 5.69 Å². The van der Waals surface area contributed by atoms with Crippen LogP contribution in [0.15, 0.2) is 24.9 Å². The average molecular weight is 301 g/mol. The van der Waals surface area contributed by atoms with Gasteiger partial charge in [0.05, 0.1) is 43.2 Å². The molecule has 1 N–H and O–H groups in total. The van der Waals surface area contributed by atoms with Gasteiger partial charge in [-0.25, -0.2) is 4.98 Å². The lowest BCUT2D eigenvalue weighted by atomic mass is 10.1. The average Bonchev–Trinajstić information content (AvgIpc) is 3.08. The first kappa shape index (κ1) is 14.6. The van der Waals surface area contributed by atoms with E-state index in [1.54, 1.807) is 18.6 Å². The lowest BCUT2D eigenvalue weighted by Gasteiger charge is -2.35. The molecule has 7 nitrogen and oxygen atoms in total. The molecule has 1 fully saturated rings. The molecule has 1 unspecified atom stereocenters. The van der Waals surface area contributed by atoms with Crippen molar-refractivity contribution in [3.8, 4) is 0 Å². The van der Waals surface area contributed by atoms with Crippen LogP contribution >= 0.6 is 0 Å². The molecule has 1 amide bonds. The molecule has 2 aromatic rings. The first-order valence-corrected chi connectivity index (χ1v) is 7.39. The number of H-pyrrole nitrogens is 1. The van der Waals surface area contributed by atoms with Crippen LogP contribution in [0.4, 0.5) is 0 Å². The number of morpholine rings is 1. The highest BCUT2D eigenvalue weighted by molar-refractivity contribution is 5.92. The van der Waals surface area contributed by atoms with Crippen LogP contribution in [0.25, 0.3) is 0 Å². The Labute approximate surface area is 128 Å². The van der Waals surface area contributed by atoms with Gasteiger partial charge in [-0.2, -0.15) is 0 Å². The zero-order chi connectivity index (χ0) is 15.4. The molecule has 3 heterocycles. The van der Waals surface area contributed by atoms with Crippen molar-refractivity contribution in [1.82, 2.24) is 24.8 Å². The molecule has 0 radical (unpaired) electrons. The summed E-state index contributed by atoms with van der Waals surface area (Å²) in [5, 5.41) is 0. The third kappa shape index (κ3) is 3.14. The Bertz CT molecular complexity index is 629. The maximum Gasteiger partial charge on any atom is 0.272 e. The molecule has 3 rings (SSSR count). The van der Waals surface area contributed by atoms with Crippen molar-refractivity contribution < 1.29 is 9.53 Å². The second-order valence-electron chi connectivity index (χ2n) is 5.32. The molecular formula is C15H19N5O2. The molecule has 2 aromatic heterocycles. The number of aromatic nitrogens is 4. The van der Waals surface area contributed by atoms with Crippen molar-refractivity contribution in [1.29, 1.82) is 0 Å². The molecule has 0 bridgehead atoms. The van der Waals surface area contributed by atoms with Gasteiger partial charge in [0.25, 0.3) is 5.91 Å². The summed E-state index contributed by atoms with van der Waals surface area (Å²) in [6, 6.07) is 0.0472. The molecular weight excluding hydrogens is 282 g/mol. The van der Waals surface area contributed by atoms with Crippen molar-refractivity contribution in [2.75, 3.05) is 19.8 Å². The first-order chi connectivity index (χ1) is 10.8. The van der Waals surface area contributed by atoms with E-state index in [1.807, 2.05) is 11.8 Å². The third-order valence-electron chi connectivity index (χ3n) is 3.91. The molecule has 1 aliphatic heterocycles. The molecule has 0 aromatic carbocycles. The zero-order valence-corrected chi connectivity index (χ0v) is 12.5. The minimum Gasteiger partial charge on any atom is -0.377 e. The maximum atomic E-state index is 12.5. The topological polar surface area (TPSA) is 84.0 Å². The highest BCUT2D eigenvalue weighted by Crippen LogP contribution is 2.16. The third-order valence-corrected chi connectivity index (χ3v) is 3.91. The molecule has 1 aliphatic rings. The summed E-state index contributed by atoms with van der Waals surface area (Å²) in [7, 11) is 0. The van der Waals surface area contributed by atoms with Gasteiger partial charge < -0.3 is 14.6 Å². The Balaban J connectivity index is 1.68. The number of hydrogen-bond donors (Lipinski definition) is 1. The quantitative estimate of drug-likeness (QED) is 0.910. The standard InChI is InChI=1S/C15H19N5O2/c1-11-13(18-5-4-17-11)3-2-12-9-22-7-6-20(12)15(21)14-8-16-10-19-14/h4-5,8,10,12H,2-3,6-7,9H2,1H3,(H,16,19). The van der Waals surface area contributed by atoms with Crippen LogP contribution in [-0.4, -0.2) is 56.5 Å². The predicted molar refractivity (Wildman–Crippen MR) is 79.3 cm³/mol. The number of nitrogens with zero attached hydrogens (tertiary/aromatic N) is 4. The first-order valence-electron chi connectivity index (χ1n) is 7.39. The Morgan fingerprint density at radius 3 is 3.09 bits per heavy atom. The van der Waals surface area contributed by atoms with Crippen LogP contribution in [0.2, 0.25) is 0 Å². The van der Waals surface area contributed by atoms with Crippen LogP contribution in [0.1, 0.15) is 28.3 Å². The SMILES string of the molecule is Cc1nccnc1CCC1COCCN1C(=O)c1cnc[nH]1. The second-order valence-corrected chi connectivity index (χ2v) is 5.32. The summed E-state index contributed by atoms with van der Waals surface area (Å²) >= 11 is 0. The van der Waals surface area contributed by atoms with Crippen molar-refractivity contribution in [3.63, 3.8) is 0 Å². The van der Waals surface area contributed by atoms with Gasteiger partial charge in [0.2, 0.25) is 0 Å². The molecule has 1 saturated heterocycles. The summed E-state index contributed by atoms with van der Waals surface area (Å²) in [6.45, 7) is 3.68. The monoisotopic (exact) mass is 301 g/mol. The number of imidazole rings is 1. The van der Waals surface area contributed by atoms with E-state index in [0.29, 0.717) is 25.5 Å². The second kappa shape index (κ2) is 6.65. The van der Waals surface area contributed by atoms with Crippen LogP contribution in [0.3, 0.4) is 0 Å². The smallest absolute Gasteiger partial charge is 0.272 e. The van der Waals surface area contributed by atoms with Gasteiger partial charge in [-0.3, -0.25) is 14.8 Å². The Morgan fingerprint density at radius 1 is 1.45 bits per heavy atom. The van der Waals surface area contributed by atoms with Crippen LogP contribution in [0.5, 0.6) is 0 Å². The fourth-order valence-corrected chi connectivity index (χ4v) is 2.67. The minimum atomic E-state index is -0.0262. The van der Waals surface area contributed by atoms with Gasteiger partial charge in [0, 0.05) is 18.9 Å². The summed E-state index contributed by atoms with van der Waals surface area (Å²) in [5.41, 5.74) is 2.43. The predicted octanol–water partition coefficient (Wildman–Crippen LogP) is 0.982. The zero-order valence-electron chi connectivity index (χ0n) is 12.5. The van der Waals surface area contributed by atoms with Crippen molar-refractivity contribution >= 4 is 5.91 Å². The van der Waals surface area contributed by atoms with E-state index in [2.05, 4.69) is 19.9 Å². The summed E-state index contributed by atoms with van der Waals surface area (Å²) < 4.78 is 5.54. The van der Waals surface area contributed by atoms with Gasteiger partial charge in [-0.05, 0) is 19.8 Å². The Kier molecular flexibility index (Phi) is 4.43. The Hall–Kier alpha value is -2.28. The number of aryl methyl sites for hydroxylation is 2. The van der Waals surface area contributed by atoms with Crippen LogP contribution in [-0.2, 0) is 11.2 Å². The number of rotatable bonds is 4. The van der Waals surface area contributed by atoms with E-state index in [0.717, 1.165) is 24.2 Å². The number of nitrogens with one attached hydrogen (secondary N) is 1. The van der Waals surface area contributed by atoms with E-state index in [4.69, 9.17) is 4.74 Å². The molecule has 0 saturated carbocycles. The maximum absolute atomic E-state index is 12.5. The van der Waals surface area contributed by atoms with Crippen molar-refractivity contribution in [3.05, 3.63) is 42.0 Å². The number of aromatic amines is 1. The number of amides is 1. The fraction of sp³-hybridized carbons (Fsp3) is 0.467. The van der Waals surface area contributed by atoms with Crippen molar-refractivity contribution in [2.24, 2.45) is 0 Å². The number of carbonyl (C=O) groups excluding carboxylic acids is 1. The van der Waals surface area contributed by atoms with Gasteiger partial charge in [0.15, 0.2) is 0 Å². The molecule has 22 heavy (non-hydrogen) atoms. The van der Waals surface area contributed by atoms with E-state index in [1.165, 1.54) is 6.33 Å². The Morgan fingerprint density at radius 2 is 2.32 bits per heavy atom. The molecule has 0 spiro atoms. The highest BCUT2D eigenvalue weighted by Gasteiger charge is 2.28. The van der Waals surface area contributed by atoms with Crippen LogP contribution in [0, 0.1) is 6.92 Å². The fourth-order valence-electron chi connectivity index (χ4n) is 2.67. The molecule has 7 heteroatoms. The largest absolute Gasteiger partial charge is 0.377 e. The lowest BCUT2D eigenvalue weighted by Crippen LogP contribution is -2.49. The normalized spacial score (nSPS) is 18.4. The molecule has 0 aliphatic carbocycles. The molecule has 116 valence electrons. The summed E-state index contributed by atoms with van der Waals surface area (Å²) in [6.07, 6.45) is 8.05. The highest BCUT2D eigenvalue weighted by atomic mass is 16.5. The van der Waals surface area contributed by atoms with Crippen molar-refractivity contribution in [2.45, 2.75) is 25.8 Å². The number of hydrogen-bond acceptors (Lipinski definition) is 5. The summed E-state index contributed by atoms with van der Waals surface area (Å²) in [5.74, 6) is -0.0262. The van der Waals surface area contributed by atoms with Gasteiger partial charge >= 0.3 is 0 Å². The lowest BCUT2D eigenvalue weighted by molar-refractivity contribution is -0.00441. The van der Waals surface area contributed by atoms with E-state index < -0.39 is 0 Å². The van der Waals surface area contributed by atoms with E-state index >= 15 is 0 Å². The van der Waals surface area contributed by atoms with Crippen LogP contribution < -0.4 is 0 Å². The minimum absolute atomic E-state index is 0.0262. The van der Waals surface area contributed by atoms with Gasteiger partial charge in [-0.15, -0.1) is 0 Å². The van der Waals surface area contributed by atoms with E-state index in [9.17, 15) is 4.79 Å².